The summed E-state index contributed by atoms with van der Waals surface area (Å²) in [5, 5.41) is 3.14. The Labute approximate surface area is 105 Å². The highest BCUT2D eigenvalue weighted by Crippen LogP contribution is 2.21. The zero-order valence-electron chi connectivity index (χ0n) is 10.1. The third-order valence-corrected chi connectivity index (χ3v) is 2.63. The van der Waals surface area contributed by atoms with Gasteiger partial charge in [0.2, 0.25) is 0 Å². The molecule has 3 nitrogen and oxygen atoms in total. The number of methoxy groups -OCH3 is 1. The van der Waals surface area contributed by atoms with Crippen molar-refractivity contribution in [1.82, 2.24) is 0 Å². The second kappa shape index (κ2) is 5.40. The van der Waals surface area contributed by atoms with Gasteiger partial charge in [-0.25, -0.2) is 4.39 Å². The number of hydrogen-bond acceptors (Lipinski definition) is 3. The summed E-state index contributed by atoms with van der Waals surface area (Å²) in [6, 6.07) is 12.3. The first kappa shape index (κ1) is 12.2. The van der Waals surface area contributed by atoms with Gasteiger partial charge >= 0.3 is 0 Å². The van der Waals surface area contributed by atoms with E-state index in [2.05, 4.69) is 5.32 Å². The minimum atomic E-state index is -0.375. The van der Waals surface area contributed by atoms with Gasteiger partial charge in [0.05, 0.1) is 7.11 Å². The molecule has 0 aliphatic rings. The summed E-state index contributed by atoms with van der Waals surface area (Å²) in [6.45, 7) is 0.617. The molecule has 0 bridgehead atoms. The van der Waals surface area contributed by atoms with Crippen molar-refractivity contribution in [1.29, 1.82) is 0 Å². The predicted molar refractivity (Wildman–Crippen MR) is 71.1 cm³/mol. The van der Waals surface area contributed by atoms with Crippen LogP contribution in [0, 0.1) is 5.82 Å². The largest absolute Gasteiger partial charge is 0.494 e. The summed E-state index contributed by atoms with van der Waals surface area (Å²) < 4.78 is 18.3. The zero-order valence-corrected chi connectivity index (χ0v) is 10.1. The predicted octanol–water partition coefficient (Wildman–Crippen LogP) is 3.03. The Morgan fingerprint density at radius 1 is 1.17 bits per heavy atom. The van der Waals surface area contributed by atoms with E-state index in [0.29, 0.717) is 12.2 Å². The smallest absolute Gasteiger partial charge is 0.167 e. The van der Waals surface area contributed by atoms with E-state index >= 15 is 0 Å². The molecule has 0 fully saturated rings. The van der Waals surface area contributed by atoms with Gasteiger partial charge in [0.25, 0.3) is 0 Å². The lowest BCUT2D eigenvalue weighted by Crippen LogP contribution is -2.00. The molecule has 0 radical (unpaired) electrons. The molecule has 0 amide bonds. The molecule has 0 atom stereocenters. The van der Waals surface area contributed by atoms with E-state index in [-0.39, 0.29) is 11.6 Å². The summed E-state index contributed by atoms with van der Waals surface area (Å²) in [7, 11) is 1.44. The van der Waals surface area contributed by atoms with Crippen molar-refractivity contribution in [3.8, 4) is 5.75 Å². The molecule has 4 heteroatoms. The maximum atomic E-state index is 13.4. The van der Waals surface area contributed by atoms with Crippen LogP contribution in [0.3, 0.4) is 0 Å². The molecule has 3 N–H and O–H groups in total. The number of ether oxygens (including phenoxy) is 1. The van der Waals surface area contributed by atoms with Crippen LogP contribution in [0.2, 0.25) is 0 Å². The summed E-state index contributed by atoms with van der Waals surface area (Å²) in [5.74, 6) is -0.132. The molecule has 18 heavy (non-hydrogen) atoms. The van der Waals surface area contributed by atoms with Gasteiger partial charge in [-0.05, 0) is 29.8 Å². The minimum absolute atomic E-state index is 0.244. The van der Waals surface area contributed by atoms with Gasteiger partial charge in [0, 0.05) is 24.0 Å². The molecule has 2 aromatic carbocycles. The van der Waals surface area contributed by atoms with Crippen LogP contribution in [0.4, 0.5) is 15.8 Å². The first-order valence-electron chi connectivity index (χ1n) is 5.61. The molecule has 2 rings (SSSR count). The van der Waals surface area contributed by atoms with E-state index in [4.69, 9.17) is 10.5 Å². The van der Waals surface area contributed by atoms with E-state index < -0.39 is 0 Å². The second-order valence-corrected chi connectivity index (χ2v) is 3.94. The fourth-order valence-corrected chi connectivity index (χ4v) is 1.62. The molecule has 0 aliphatic heterocycles. The van der Waals surface area contributed by atoms with Crippen molar-refractivity contribution in [3.63, 3.8) is 0 Å². The fraction of sp³-hybridized carbons (Fsp3) is 0.143. The third-order valence-electron chi connectivity index (χ3n) is 2.63. The highest BCUT2D eigenvalue weighted by Gasteiger charge is 2.02. The van der Waals surface area contributed by atoms with Crippen molar-refractivity contribution in [2.45, 2.75) is 6.54 Å². The average molecular weight is 246 g/mol. The number of nitrogen functional groups attached to an aromatic ring is 1. The number of rotatable bonds is 4. The van der Waals surface area contributed by atoms with Crippen LogP contribution in [-0.2, 0) is 6.54 Å². The third kappa shape index (κ3) is 2.91. The monoisotopic (exact) mass is 246 g/mol. The number of anilines is 2. The summed E-state index contributed by atoms with van der Waals surface area (Å²) in [4.78, 5) is 0. The second-order valence-electron chi connectivity index (χ2n) is 3.94. The molecule has 2 aromatic rings. The van der Waals surface area contributed by atoms with Crippen LogP contribution in [0.1, 0.15) is 5.56 Å². The molecule has 0 aliphatic carbocycles. The van der Waals surface area contributed by atoms with Gasteiger partial charge in [-0.15, -0.1) is 0 Å². The molecular weight excluding hydrogens is 231 g/mol. The molecule has 0 spiro atoms. The highest BCUT2D eigenvalue weighted by molar-refractivity contribution is 5.48. The van der Waals surface area contributed by atoms with Crippen LogP contribution in [0.15, 0.2) is 42.5 Å². The average Bonchev–Trinajstić information content (AvgIpc) is 2.38. The van der Waals surface area contributed by atoms with E-state index in [1.165, 1.54) is 13.2 Å². The van der Waals surface area contributed by atoms with Crippen LogP contribution in [0.5, 0.6) is 5.75 Å². The fourth-order valence-electron chi connectivity index (χ4n) is 1.62. The van der Waals surface area contributed by atoms with Crippen molar-refractivity contribution in [3.05, 3.63) is 53.8 Å². The Morgan fingerprint density at radius 2 is 1.89 bits per heavy atom. The number of nitrogens with one attached hydrogen (secondary N) is 1. The summed E-state index contributed by atoms with van der Waals surface area (Å²) in [6.07, 6.45) is 0. The van der Waals surface area contributed by atoms with Crippen molar-refractivity contribution >= 4 is 11.4 Å². The Balaban J connectivity index is 2.02. The number of benzene rings is 2. The van der Waals surface area contributed by atoms with Gasteiger partial charge < -0.3 is 15.8 Å². The minimum Gasteiger partial charge on any atom is -0.494 e. The molecule has 0 saturated carbocycles. The standard InChI is InChI=1S/C14H15FN2O/c1-18-14-7-6-12(8-13(14)15)17-9-10-2-4-11(16)5-3-10/h2-8,17H,9,16H2,1H3. The van der Waals surface area contributed by atoms with Gasteiger partial charge in [-0.1, -0.05) is 12.1 Å². The first-order valence-corrected chi connectivity index (χ1v) is 5.61. The Hall–Kier alpha value is -2.23. The Bertz CT molecular complexity index is 526. The zero-order chi connectivity index (χ0) is 13.0. The Morgan fingerprint density at radius 3 is 2.50 bits per heavy atom. The van der Waals surface area contributed by atoms with Crippen LogP contribution < -0.4 is 15.8 Å². The summed E-state index contributed by atoms with van der Waals surface area (Å²) in [5.41, 5.74) is 8.13. The molecule has 94 valence electrons. The van der Waals surface area contributed by atoms with Crippen LogP contribution >= 0.6 is 0 Å². The highest BCUT2D eigenvalue weighted by atomic mass is 19.1. The van der Waals surface area contributed by atoms with E-state index in [9.17, 15) is 4.39 Å². The molecule has 0 aromatic heterocycles. The van der Waals surface area contributed by atoms with Gasteiger partial charge in [0.1, 0.15) is 0 Å². The van der Waals surface area contributed by atoms with Crippen molar-refractivity contribution in [2.75, 3.05) is 18.2 Å². The lowest BCUT2D eigenvalue weighted by Gasteiger charge is -2.08. The lowest BCUT2D eigenvalue weighted by atomic mass is 10.2. The molecule has 0 unspecified atom stereocenters. The topological polar surface area (TPSA) is 47.3 Å². The van der Waals surface area contributed by atoms with E-state index in [1.807, 2.05) is 24.3 Å². The van der Waals surface area contributed by atoms with Crippen molar-refractivity contribution in [2.24, 2.45) is 0 Å². The number of nitrogens with two attached hydrogens (primary N) is 1. The molecule has 0 heterocycles. The van der Waals surface area contributed by atoms with Crippen molar-refractivity contribution < 1.29 is 9.13 Å². The molecular formula is C14H15FN2O. The number of hydrogen-bond donors (Lipinski definition) is 2. The van der Waals surface area contributed by atoms with Crippen LogP contribution in [0.25, 0.3) is 0 Å². The molecule has 0 saturated heterocycles. The van der Waals surface area contributed by atoms with Gasteiger partial charge in [-0.2, -0.15) is 0 Å². The van der Waals surface area contributed by atoms with E-state index in [0.717, 1.165) is 11.3 Å². The van der Waals surface area contributed by atoms with Crippen LogP contribution in [-0.4, -0.2) is 7.11 Å². The maximum absolute atomic E-state index is 13.4. The normalized spacial score (nSPS) is 10.1. The van der Waals surface area contributed by atoms with E-state index in [1.54, 1.807) is 12.1 Å². The maximum Gasteiger partial charge on any atom is 0.167 e. The lowest BCUT2D eigenvalue weighted by molar-refractivity contribution is 0.386. The first-order chi connectivity index (χ1) is 8.69. The van der Waals surface area contributed by atoms with Gasteiger partial charge in [0.15, 0.2) is 11.6 Å². The SMILES string of the molecule is COc1ccc(NCc2ccc(N)cc2)cc1F. The van der Waals surface area contributed by atoms with Gasteiger partial charge in [-0.3, -0.25) is 0 Å². The quantitative estimate of drug-likeness (QED) is 0.815. The number of halogens is 1. The Kier molecular flexibility index (Phi) is 3.67. The summed E-state index contributed by atoms with van der Waals surface area (Å²) >= 11 is 0.